The normalized spacial score (nSPS) is 11.9. The molecule has 0 atom stereocenters. The molecule has 0 unspecified atom stereocenters. The molecule has 0 radical (unpaired) electrons. The fraction of sp³-hybridized carbons (Fsp3) is 0.303. The molecule has 0 fully saturated rings. The molecule has 12 aromatic carbocycles. The summed E-state index contributed by atoms with van der Waals surface area (Å²) in [5.74, 6) is -0.223. The third kappa shape index (κ3) is 26.5. The number of hydrogen-bond acceptors (Lipinski definition) is 4. The third-order valence-corrected chi connectivity index (χ3v) is 22.6. The van der Waals surface area contributed by atoms with E-state index in [9.17, 15) is 8.78 Å². The quantitative estimate of drug-likeness (QED) is 0.142. The van der Waals surface area contributed by atoms with Gasteiger partial charge < -0.3 is 0 Å². The van der Waals surface area contributed by atoms with Crippen molar-refractivity contribution in [3.05, 3.63) is 354 Å². The van der Waals surface area contributed by atoms with Crippen molar-refractivity contribution in [2.24, 2.45) is 0 Å². The largest absolute Gasteiger partial charge is 0.256 e. The second-order valence-corrected chi connectivity index (χ2v) is 41.2. The summed E-state index contributed by atoms with van der Waals surface area (Å²) in [7, 11) is 0. The highest BCUT2D eigenvalue weighted by atomic mass is 35.5. The summed E-state index contributed by atoms with van der Waals surface area (Å²) in [5, 5.41) is 17.1. The lowest BCUT2D eigenvalue weighted by molar-refractivity contribution is 0.529. The monoisotopic (exact) mass is 1730 g/mol. The van der Waals surface area contributed by atoms with Gasteiger partial charge in [0.05, 0.1) is 32.1 Å². The van der Waals surface area contributed by atoms with E-state index in [4.69, 9.17) is 69.6 Å². The lowest BCUT2D eigenvalue weighted by atomic mass is 9.85. The van der Waals surface area contributed by atoms with Crippen LogP contribution in [-0.4, -0.2) is 19.9 Å². The van der Waals surface area contributed by atoms with E-state index in [1.165, 1.54) is 55.6 Å². The molecule has 0 spiro atoms. The van der Waals surface area contributed by atoms with Crippen LogP contribution in [0.5, 0.6) is 0 Å². The maximum atomic E-state index is 14.2. The van der Waals surface area contributed by atoms with Gasteiger partial charge in [0.2, 0.25) is 0 Å². The van der Waals surface area contributed by atoms with Gasteiger partial charge in [-0.3, -0.25) is 15.0 Å². The number of pyridine rings is 4. The third-order valence-electron chi connectivity index (χ3n) is 20.8. The van der Waals surface area contributed by atoms with Gasteiger partial charge in [0, 0.05) is 71.4 Å². The molecule has 4 heterocycles. The van der Waals surface area contributed by atoms with E-state index < -0.39 is 0 Å². The molecule has 0 aliphatic carbocycles. The van der Waals surface area contributed by atoms with E-state index in [1.54, 1.807) is 6.07 Å². The topological polar surface area (TPSA) is 51.6 Å². The van der Waals surface area contributed by atoms with Crippen molar-refractivity contribution in [2.45, 2.75) is 217 Å². The van der Waals surface area contributed by atoms with E-state index in [0.717, 1.165) is 91.0 Å². The molecule has 0 saturated heterocycles. The van der Waals surface area contributed by atoms with E-state index >= 15 is 0 Å². The Kier molecular flexibility index (Phi) is 32.2. The maximum Gasteiger partial charge on any atom is 0.134 e. The van der Waals surface area contributed by atoms with Crippen LogP contribution in [-0.2, 0) is 43.3 Å². The Morgan fingerprint density at radius 1 is 0.248 bits per heavy atom. The van der Waals surface area contributed by atoms with Gasteiger partial charge in [-0.15, -0.1) is 0 Å². The number of para-hydroxylation sites is 2. The minimum atomic E-state index is -0.145. The van der Waals surface area contributed by atoms with Crippen molar-refractivity contribution in [3.8, 4) is 0 Å². The van der Waals surface area contributed by atoms with Crippen molar-refractivity contribution in [1.29, 1.82) is 0 Å². The fourth-order valence-corrected chi connectivity index (χ4v) is 14.9. The van der Waals surface area contributed by atoms with Crippen molar-refractivity contribution in [2.75, 3.05) is 0 Å². The van der Waals surface area contributed by atoms with Gasteiger partial charge in [0.1, 0.15) is 16.8 Å². The molecule has 0 N–H and O–H groups in total. The first-order valence-electron chi connectivity index (χ1n) is 40.8. The first-order valence-corrected chi connectivity index (χ1v) is 43.1. The SMILES string of the molecule is C.CC(C)(C)c1cc2ccccc2nc1Cl.CC(C)(C)c1ccc2ccc(Cl)cc2c1.CC(C)(C)c1ccc2cccc(F)c2c1.CC(C)(C)c1ccc2ccccc2c1Cl.CC(C)(C)c1ccc2ccccc2c1F.CC(C)(C)c1cnc2c(Cl)cccc2c1.CC(C)(C)c1cnc2cc(Cl)ccc2c1.CC(C)(C)c1cnc2cccc(Cl)c2c1. The van der Waals surface area contributed by atoms with Crippen LogP contribution in [0.4, 0.5) is 8.78 Å². The highest BCUT2D eigenvalue weighted by molar-refractivity contribution is 6.37. The van der Waals surface area contributed by atoms with Gasteiger partial charge in [-0.2, -0.15) is 0 Å². The second kappa shape index (κ2) is 40.1. The van der Waals surface area contributed by atoms with Crippen molar-refractivity contribution in [1.82, 2.24) is 19.9 Å². The molecule has 16 rings (SSSR count). The zero-order chi connectivity index (χ0) is 88.4. The van der Waals surface area contributed by atoms with Gasteiger partial charge in [0.15, 0.2) is 0 Å². The molecule has 121 heavy (non-hydrogen) atoms. The van der Waals surface area contributed by atoms with Gasteiger partial charge in [-0.1, -0.05) is 407 Å². The molecule has 0 amide bonds. The van der Waals surface area contributed by atoms with E-state index in [1.807, 2.05) is 191 Å². The molecule has 0 aliphatic heterocycles. The van der Waals surface area contributed by atoms with Crippen molar-refractivity contribution in [3.63, 3.8) is 0 Å². The Hall–Kier alpha value is -9.08. The number of nitrogens with zero attached hydrogens (tertiary/aromatic N) is 4. The lowest BCUT2D eigenvalue weighted by Crippen LogP contribution is -2.13. The maximum absolute atomic E-state index is 14.2. The lowest BCUT2D eigenvalue weighted by Gasteiger charge is -2.21. The van der Waals surface area contributed by atoms with Gasteiger partial charge in [-0.05, 0) is 200 Å². The number of aromatic nitrogens is 4. The summed E-state index contributed by atoms with van der Waals surface area (Å²) in [6, 6.07) is 81.8. The van der Waals surface area contributed by atoms with Crippen LogP contribution in [0.3, 0.4) is 0 Å². The zero-order valence-electron chi connectivity index (χ0n) is 74.2. The minimum Gasteiger partial charge on any atom is -0.256 e. The number of rotatable bonds is 0. The fourth-order valence-electron chi connectivity index (χ4n) is 13.2. The van der Waals surface area contributed by atoms with Crippen LogP contribution in [0.25, 0.3) is 86.7 Å². The highest BCUT2D eigenvalue weighted by Crippen LogP contribution is 2.38. The first-order chi connectivity index (χ1) is 55.9. The number of fused-ring (bicyclic) bond motifs is 8. The Balaban J connectivity index is 0.000000172. The van der Waals surface area contributed by atoms with E-state index in [0.29, 0.717) is 20.9 Å². The molecule has 4 nitrogen and oxygen atoms in total. The smallest absolute Gasteiger partial charge is 0.134 e. The van der Waals surface area contributed by atoms with Crippen LogP contribution < -0.4 is 0 Å². The van der Waals surface area contributed by atoms with Crippen LogP contribution in [0.1, 0.15) is 218 Å². The minimum absolute atomic E-state index is 0. The molecule has 0 aliphatic rings. The molecule has 0 saturated carbocycles. The van der Waals surface area contributed by atoms with Crippen LogP contribution in [0, 0.1) is 11.6 Å². The molecule has 4 aromatic heterocycles. The van der Waals surface area contributed by atoms with E-state index in [-0.39, 0.29) is 62.4 Å². The van der Waals surface area contributed by atoms with Crippen LogP contribution in [0.2, 0.25) is 30.3 Å². The Bertz CT molecular complexity index is 5980. The Labute approximate surface area is 749 Å². The number of hydrogen-bond donors (Lipinski definition) is 0. The molecular formula is C109H120Cl6F2N4. The predicted octanol–water partition coefficient (Wildman–Crippen LogP) is 35.5. The summed E-state index contributed by atoms with van der Waals surface area (Å²) < 4.78 is 27.7. The molecule has 16 aromatic rings. The average molecular weight is 1740 g/mol. The van der Waals surface area contributed by atoms with Crippen molar-refractivity contribution >= 4 is 156 Å². The second-order valence-electron chi connectivity index (χ2n) is 38.8. The summed E-state index contributed by atoms with van der Waals surface area (Å²) in [6.07, 6.45) is 5.77. The van der Waals surface area contributed by atoms with Crippen molar-refractivity contribution < 1.29 is 8.78 Å². The Morgan fingerprint density at radius 3 is 1.22 bits per heavy atom. The molecular weight excluding hydrogens is 1620 g/mol. The van der Waals surface area contributed by atoms with Crippen LogP contribution >= 0.6 is 69.6 Å². The molecule has 12 heteroatoms. The highest BCUT2D eigenvalue weighted by Gasteiger charge is 2.24. The van der Waals surface area contributed by atoms with Gasteiger partial charge >= 0.3 is 0 Å². The average Bonchev–Trinajstić information content (AvgIpc) is 0.794. The summed E-state index contributed by atoms with van der Waals surface area (Å²) >= 11 is 36.7. The Morgan fingerprint density at radius 2 is 0.636 bits per heavy atom. The standard InChI is InChI=1S/2C14H15Cl.2C14H15F.4C13H14ClN.CH4/c1-14(2,3)12-6-4-10-5-7-13(15)9-11(10)8-12;1-14(2,3)12-9-8-10-6-4-5-7-11(10)13(12)15;1-14(2,3)11-8-7-10-5-4-6-13(15)12(10)9-11;1-14(2,3)12-9-8-10-6-4-5-7-11(10)13(12)15;1-13(2,3)10-6-9-4-5-11(14)7-12(9)15-8-10;1-13(2,3)9-7-10-11(14)5-4-6-12(10)15-8-9;1-13(2,3)10-7-9-5-4-6-11(14)12(9)15-8-10;1-13(2,3)10-8-9-6-4-5-7-11(9)15-12(10)14;/h4*4-9H,1-3H3;4*4-8H,1-3H3;1H4. The molecule has 0 bridgehead atoms. The first kappa shape index (κ1) is 97.4. The van der Waals surface area contributed by atoms with Gasteiger partial charge in [-0.25, -0.2) is 13.8 Å². The summed E-state index contributed by atoms with van der Waals surface area (Å²) in [6.45, 7) is 51.8. The summed E-state index contributed by atoms with van der Waals surface area (Å²) in [5.41, 5.74) is 13.7. The van der Waals surface area contributed by atoms with Crippen LogP contribution in [0.15, 0.2) is 267 Å². The van der Waals surface area contributed by atoms with E-state index in [2.05, 4.69) is 250 Å². The summed E-state index contributed by atoms with van der Waals surface area (Å²) in [4.78, 5) is 17.7. The zero-order valence-corrected chi connectivity index (χ0v) is 78.8. The number of halogens is 8. The molecule has 632 valence electrons. The predicted molar refractivity (Wildman–Crippen MR) is 529 cm³/mol. The number of benzene rings is 12. The van der Waals surface area contributed by atoms with Gasteiger partial charge in [0.25, 0.3) is 0 Å².